The van der Waals surface area contributed by atoms with Crippen LogP contribution in [-0.2, 0) is 9.59 Å². The molecule has 0 atom stereocenters. The molecule has 1 aromatic heterocycles. The monoisotopic (exact) mass is 469 g/mol. The van der Waals surface area contributed by atoms with Crippen LogP contribution in [0, 0.1) is 0 Å². The Labute approximate surface area is 160 Å². The van der Waals surface area contributed by atoms with Crippen LogP contribution in [0.2, 0.25) is 0 Å². The highest BCUT2D eigenvalue weighted by Gasteiger charge is 2.06. The van der Waals surface area contributed by atoms with Crippen LogP contribution in [-0.4, -0.2) is 29.7 Å². The number of phenols is 1. The van der Waals surface area contributed by atoms with Crippen molar-refractivity contribution < 1.29 is 19.1 Å². The van der Waals surface area contributed by atoms with Crippen molar-refractivity contribution in [1.29, 1.82) is 0 Å². The number of benzene rings is 1. The predicted molar refractivity (Wildman–Crippen MR) is 100.0 cm³/mol. The molecule has 25 heavy (non-hydrogen) atoms. The summed E-state index contributed by atoms with van der Waals surface area (Å²) in [5, 5.41) is 16.0. The second-order valence-corrected chi connectivity index (χ2v) is 6.46. The number of nitrogens with zero attached hydrogens (tertiary/aromatic N) is 1. The molecule has 130 valence electrons. The first-order chi connectivity index (χ1) is 12.0. The molecule has 0 fully saturated rings. The fourth-order valence-corrected chi connectivity index (χ4v) is 2.93. The highest BCUT2D eigenvalue weighted by molar-refractivity contribution is 9.11. The van der Waals surface area contributed by atoms with Crippen molar-refractivity contribution in [3.63, 3.8) is 0 Å². The molecule has 0 bridgehead atoms. The van der Waals surface area contributed by atoms with Gasteiger partial charge >= 0.3 is 0 Å². The summed E-state index contributed by atoms with van der Waals surface area (Å²) >= 11 is 6.48. The lowest BCUT2D eigenvalue weighted by Crippen LogP contribution is -2.34. The molecule has 0 radical (unpaired) electrons. The Morgan fingerprint density at radius 2 is 2.12 bits per heavy atom. The molecule has 2 rings (SSSR count). The molecule has 0 unspecified atom stereocenters. The Hall–Kier alpha value is -2.39. The fourth-order valence-electron chi connectivity index (χ4n) is 1.67. The summed E-state index contributed by atoms with van der Waals surface area (Å²) in [6.07, 6.45) is 5.53. The second kappa shape index (κ2) is 9.19. The summed E-state index contributed by atoms with van der Waals surface area (Å²) in [6, 6.07) is 6.71. The van der Waals surface area contributed by atoms with Crippen molar-refractivity contribution in [2.45, 2.75) is 0 Å². The van der Waals surface area contributed by atoms with Gasteiger partial charge in [-0.25, -0.2) is 5.43 Å². The number of halogens is 2. The van der Waals surface area contributed by atoms with Gasteiger partial charge in [0.2, 0.25) is 5.91 Å². The van der Waals surface area contributed by atoms with Crippen LogP contribution < -0.4 is 10.7 Å². The number of aromatic hydroxyl groups is 1. The minimum atomic E-state index is -0.510. The van der Waals surface area contributed by atoms with Crippen LogP contribution in [0.3, 0.4) is 0 Å². The Balaban J connectivity index is 1.80. The molecule has 9 heteroatoms. The van der Waals surface area contributed by atoms with Gasteiger partial charge in [-0.2, -0.15) is 5.10 Å². The number of nitrogens with one attached hydrogen (secondary N) is 2. The van der Waals surface area contributed by atoms with E-state index in [-0.39, 0.29) is 12.3 Å². The van der Waals surface area contributed by atoms with Crippen LogP contribution in [0.15, 0.2) is 55.1 Å². The third-order valence-electron chi connectivity index (χ3n) is 2.82. The maximum atomic E-state index is 11.6. The molecule has 1 aromatic carbocycles. The number of hydrogen-bond acceptors (Lipinski definition) is 5. The van der Waals surface area contributed by atoms with Gasteiger partial charge < -0.3 is 14.8 Å². The van der Waals surface area contributed by atoms with Gasteiger partial charge in [-0.15, -0.1) is 0 Å². The van der Waals surface area contributed by atoms with Crippen molar-refractivity contribution in [3.05, 3.63) is 56.9 Å². The molecule has 0 saturated carbocycles. The molecule has 7 nitrogen and oxygen atoms in total. The zero-order valence-corrected chi connectivity index (χ0v) is 15.9. The van der Waals surface area contributed by atoms with E-state index < -0.39 is 11.8 Å². The molecular formula is C16H13Br2N3O4. The van der Waals surface area contributed by atoms with Crippen molar-refractivity contribution >= 4 is 56.0 Å². The summed E-state index contributed by atoms with van der Waals surface area (Å²) in [6.45, 7) is -0.243. The van der Waals surface area contributed by atoms with Crippen molar-refractivity contribution in [1.82, 2.24) is 10.7 Å². The minimum absolute atomic E-state index is 0.00225. The number of hydrazone groups is 1. The van der Waals surface area contributed by atoms with Gasteiger partial charge in [0.15, 0.2) is 0 Å². The van der Waals surface area contributed by atoms with E-state index in [9.17, 15) is 14.7 Å². The van der Waals surface area contributed by atoms with E-state index in [1.165, 1.54) is 24.6 Å². The van der Waals surface area contributed by atoms with Crippen LogP contribution in [0.4, 0.5) is 0 Å². The summed E-state index contributed by atoms with van der Waals surface area (Å²) in [5.41, 5.74) is 2.66. The zero-order valence-electron chi connectivity index (χ0n) is 12.7. The van der Waals surface area contributed by atoms with E-state index in [2.05, 4.69) is 47.7 Å². The Morgan fingerprint density at radius 3 is 2.84 bits per heavy atom. The second-order valence-electron chi connectivity index (χ2n) is 4.69. The zero-order chi connectivity index (χ0) is 18.2. The first kappa shape index (κ1) is 18.9. The SMILES string of the molecule is O=C(/C=C/c1ccco1)NCC(=O)N/N=C/c1cc(Br)cc(Br)c1O. The first-order valence-electron chi connectivity index (χ1n) is 6.95. The Kier molecular flexibility index (Phi) is 6.96. The lowest BCUT2D eigenvalue weighted by molar-refractivity contribution is -0.123. The Bertz CT molecular complexity index is 817. The van der Waals surface area contributed by atoms with E-state index in [4.69, 9.17) is 4.42 Å². The van der Waals surface area contributed by atoms with Gasteiger partial charge in [0.05, 0.1) is 23.5 Å². The summed E-state index contributed by atoms with van der Waals surface area (Å²) in [7, 11) is 0. The third kappa shape index (κ3) is 6.20. The van der Waals surface area contributed by atoms with Gasteiger partial charge in [0.25, 0.3) is 5.91 Å². The van der Waals surface area contributed by atoms with Gasteiger partial charge in [-0.1, -0.05) is 15.9 Å². The number of amides is 2. The highest BCUT2D eigenvalue weighted by atomic mass is 79.9. The van der Waals surface area contributed by atoms with E-state index >= 15 is 0 Å². The molecule has 0 aliphatic carbocycles. The molecule has 2 amide bonds. The first-order valence-corrected chi connectivity index (χ1v) is 8.53. The van der Waals surface area contributed by atoms with E-state index in [1.54, 1.807) is 24.3 Å². The normalized spacial score (nSPS) is 11.1. The van der Waals surface area contributed by atoms with Gasteiger partial charge in [0, 0.05) is 16.1 Å². The number of hydrogen-bond donors (Lipinski definition) is 3. The molecule has 0 aliphatic heterocycles. The number of rotatable bonds is 6. The van der Waals surface area contributed by atoms with Crippen LogP contribution >= 0.6 is 31.9 Å². The molecule has 3 N–H and O–H groups in total. The van der Waals surface area contributed by atoms with E-state index in [0.717, 1.165) is 4.47 Å². The maximum absolute atomic E-state index is 11.6. The van der Waals surface area contributed by atoms with Gasteiger partial charge in [-0.05, 0) is 46.3 Å². The predicted octanol–water partition coefficient (Wildman–Crippen LogP) is 2.79. The highest BCUT2D eigenvalue weighted by Crippen LogP contribution is 2.30. The van der Waals surface area contributed by atoms with Crippen LogP contribution in [0.1, 0.15) is 11.3 Å². The summed E-state index contributed by atoms with van der Waals surface area (Å²) < 4.78 is 6.27. The number of furan rings is 1. The average Bonchev–Trinajstić information content (AvgIpc) is 3.09. The Morgan fingerprint density at radius 1 is 1.32 bits per heavy atom. The quantitative estimate of drug-likeness (QED) is 0.343. The standard InChI is InChI=1S/C16H13Br2N3O4/c17-11-6-10(16(24)13(18)7-11)8-20-21-15(23)9-19-14(22)4-3-12-2-1-5-25-12/h1-8,24H,9H2,(H,19,22)(H,21,23)/b4-3+,20-8+. The van der Waals surface area contributed by atoms with Crippen LogP contribution in [0.25, 0.3) is 6.08 Å². The molecule has 0 saturated heterocycles. The van der Waals surface area contributed by atoms with Gasteiger partial charge in [0.1, 0.15) is 11.5 Å². The van der Waals surface area contributed by atoms with Crippen LogP contribution in [0.5, 0.6) is 5.75 Å². The molecule has 0 aliphatic rings. The van der Waals surface area contributed by atoms with E-state index in [1.807, 2.05) is 0 Å². The molecule has 0 spiro atoms. The van der Waals surface area contributed by atoms with Crippen molar-refractivity contribution in [2.24, 2.45) is 5.10 Å². The molecular weight excluding hydrogens is 458 g/mol. The van der Waals surface area contributed by atoms with Crippen molar-refractivity contribution in [2.75, 3.05) is 6.54 Å². The smallest absolute Gasteiger partial charge is 0.259 e. The topological polar surface area (TPSA) is 104 Å². The number of carbonyl (C=O) groups excluding carboxylic acids is 2. The molecule has 1 heterocycles. The van der Waals surface area contributed by atoms with Gasteiger partial charge in [-0.3, -0.25) is 9.59 Å². The maximum Gasteiger partial charge on any atom is 0.259 e. The lowest BCUT2D eigenvalue weighted by Gasteiger charge is -2.03. The van der Waals surface area contributed by atoms with E-state index in [0.29, 0.717) is 15.8 Å². The third-order valence-corrected chi connectivity index (χ3v) is 3.88. The molecule has 2 aromatic rings. The minimum Gasteiger partial charge on any atom is -0.506 e. The number of carbonyl (C=O) groups is 2. The summed E-state index contributed by atoms with van der Waals surface area (Å²) in [4.78, 5) is 23.2. The van der Waals surface area contributed by atoms with Crippen molar-refractivity contribution in [3.8, 4) is 5.75 Å². The summed E-state index contributed by atoms with van der Waals surface area (Å²) in [5.74, 6) is -0.421. The number of phenolic OH excluding ortho intramolecular Hbond substituents is 1. The fraction of sp³-hybridized carbons (Fsp3) is 0.0625. The lowest BCUT2D eigenvalue weighted by atomic mass is 10.2. The largest absolute Gasteiger partial charge is 0.506 e. The average molecular weight is 471 g/mol.